The summed E-state index contributed by atoms with van der Waals surface area (Å²) >= 11 is 0. The van der Waals surface area contributed by atoms with Crippen molar-refractivity contribution in [2.45, 2.75) is 59.4 Å². The van der Waals surface area contributed by atoms with Gasteiger partial charge in [-0.3, -0.25) is 9.69 Å². The van der Waals surface area contributed by atoms with Crippen molar-refractivity contribution >= 4 is 18.2 Å². The molecule has 0 aliphatic rings. The lowest BCUT2D eigenvalue weighted by atomic mass is 10.2. The van der Waals surface area contributed by atoms with Crippen LogP contribution in [-0.4, -0.2) is 93.4 Å². The summed E-state index contributed by atoms with van der Waals surface area (Å²) in [5, 5.41) is 5.27. The van der Waals surface area contributed by atoms with Gasteiger partial charge in [-0.25, -0.2) is 9.59 Å². The number of carbonyl (C=O) groups is 3. The third kappa shape index (κ3) is 19.3. The lowest BCUT2D eigenvalue weighted by Crippen LogP contribution is -2.38. The highest BCUT2D eigenvalue weighted by Crippen LogP contribution is 2.07. The normalized spacial score (nSPS) is 11.7. The summed E-state index contributed by atoms with van der Waals surface area (Å²) in [4.78, 5) is 37.6. The molecule has 0 saturated carbocycles. The molecule has 0 aromatic heterocycles. The molecule has 2 amide bonds. The van der Waals surface area contributed by atoms with Gasteiger partial charge in [0.2, 0.25) is 0 Å². The Bertz CT molecular complexity index is 782. The molecule has 38 heavy (non-hydrogen) atoms. The van der Waals surface area contributed by atoms with E-state index in [1.54, 1.807) is 41.5 Å². The van der Waals surface area contributed by atoms with Gasteiger partial charge in [0.15, 0.2) is 0 Å². The molecular weight excluding hydrogens is 494 g/mol. The number of benzene rings is 1. The molecule has 1 aromatic rings. The zero-order chi connectivity index (χ0) is 28.4. The average molecular weight is 540 g/mol. The van der Waals surface area contributed by atoms with Crippen LogP contribution in [0.5, 0.6) is 0 Å². The first-order valence-electron chi connectivity index (χ1n) is 12.8. The SMILES string of the molecule is CC(C)(C)OC(=O)NCCOCCN(CCOCCNC(=O)OC(C)(C)C)CC(=O)OCc1ccccc1. The minimum absolute atomic E-state index is 0.0753. The Kier molecular flexibility index (Phi) is 15.3. The lowest BCUT2D eigenvalue weighted by molar-refractivity contribution is -0.146. The summed E-state index contributed by atoms with van der Waals surface area (Å²) in [7, 11) is 0. The Labute approximate surface area is 226 Å². The Morgan fingerprint density at radius 3 is 1.66 bits per heavy atom. The molecule has 11 nitrogen and oxygen atoms in total. The van der Waals surface area contributed by atoms with Crippen LogP contribution >= 0.6 is 0 Å². The number of alkyl carbamates (subject to hydrolysis) is 2. The maximum atomic E-state index is 12.4. The number of nitrogens with one attached hydrogen (secondary N) is 2. The van der Waals surface area contributed by atoms with Crippen molar-refractivity contribution in [2.24, 2.45) is 0 Å². The van der Waals surface area contributed by atoms with E-state index in [9.17, 15) is 14.4 Å². The maximum Gasteiger partial charge on any atom is 0.407 e. The average Bonchev–Trinajstić information content (AvgIpc) is 2.80. The third-order valence-electron chi connectivity index (χ3n) is 4.53. The number of rotatable bonds is 16. The molecule has 0 spiro atoms. The fourth-order valence-corrected chi connectivity index (χ4v) is 2.91. The molecular formula is C27H45N3O8. The van der Waals surface area contributed by atoms with Gasteiger partial charge in [0.1, 0.15) is 17.8 Å². The first-order valence-corrected chi connectivity index (χ1v) is 12.8. The third-order valence-corrected chi connectivity index (χ3v) is 4.53. The second-order valence-corrected chi connectivity index (χ2v) is 10.5. The van der Waals surface area contributed by atoms with Gasteiger partial charge in [0.25, 0.3) is 0 Å². The molecule has 0 aliphatic carbocycles. The smallest absolute Gasteiger partial charge is 0.407 e. The fraction of sp³-hybridized carbons (Fsp3) is 0.667. The standard InChI is InChI=1S/C27H45N3O8/c1-26(2,3)37-24(32)28-12-16-34-18-14-30(20-23(31)36-21-22-10-8-7-9-11-22)15-19-35-17-13-29-25(33)38-27(4,5)6/h7-11H,12-21H2,1-6H3,(H,28,32)(H,29,33). The second-order valence-electron chi connectivity index (χ2n) is 10.5. The van der Waals surface area contributed by atoms with Crippen molar-refractivity contribution in [3.63, 3.8) is 0 Å². The summed E-state index contributed by atoms with van der Waals surface area (Å²) in [5.74, 6) is -0.355. The van der Waals surface area contributed by atoms with Crippen LogP contribution in [0.3, 0.4) is 0 Å². The van der Waals surface area contributed by atoms with E-state index in [2.05, 4.69) is 10.6 Å². The van der Waals surface area contributed by atoms with Crippen molar-refractivity contribution in [3.8, 4) is 0 Å². The summed E-state index contributed by atoms with van der Waals surface area (Å²) in [6.45, 7) is 13.9. The highest BCUT2D eigenvalue weighted by Gasteiger charge is 2.17. The number of nitrogens with zero attached hydrogens (tertiary/aromatic N) is 1. The Balaban J connectivity index is 2.37. The van der Waals surface area contributed by atoms with Crippen molar-refractivity contribution < 1.29 is 38.1 Å². The minimum atomic E-state index is -0.561. The Morgan fingerprint density at radius 2 is 1.21 bits per heavy atom. The number of esters is 1. The molecule has 0 radical (unpaired) electrons. The molecule has 0 bridgehead atoms. The van der Waals surface area contributed by atoms with E-state index in [0.717, 1.165) is 5.56 Å². The molecule has 11 heteroatoms. The summed E-state index contributed by atoms with van der Waals surface area (Å²) in [6, 6.07) is 9.46. The van der Waals surface area contributed by atoms with Gasteiger partial charge in [-0.2, -0.15) is 0 Å². The molecule has 0 atom stereocenters. The first kappa shape index (κ1) is 33.1. The maximum absolute atomic E-state index is 12.4. The number of hydrogen-bond acceptors (Lipinski definition) is 9. The molecule has 0 heterocycles. The van der Waals surface area contributed by atoms with Crippen molar-refractivity contribution in [3.05, 3.63) is 35.9 Å². The van der Waals surface area contributed by atoms with E-state index < -0.39 is 23.4 Å². The topological polar surface area (TPSA) is 125 Å². The molecule has 1 aromatic carbocycles. The molecule has 0 saturated heterocycles. The van der Waals surface area contributed by atoms with E-state index in [4.69, 9.17) is 23.7 Å². The van der Waals surface area contributed by atoms with Crippen LogP contribution in [-0.2, 0) is 35.1 Å². The molecule has 216 valence electrons. The molecule has 2 N–H and O–H groups in total. The van der Waals surface area contributed by atoms with Crippen LogP contribution in [0.15, 0.2) is 30.3 Å². The second kappa shape index (κ2) is 17.6. The minimum Gasteiger partial charge on any atom is -0.460 e. The first-order chi connectivity index (χ1) is 17.8. The van der Waals surface area contributed by atoms with Crippen LogP contribution in [0.4, 0.5) is 9.59 Å². The molecule has 0 fully saturated rings. The number of amides is 2. The fourth-order valence-electron chi connectivity index (χ4n) is 2.91. The Hall–Kier alpha value is -2.89. The predicted molar refractivity (Wildman–Crippen MR) is 143 cm³/mol. The van der Waals surface area contributed by atoms with Gasteiger partial charge in [0.05, 0.1) is 33.0 Å². The van der Waals surface area contributed by atoms with Gasteiger partial charge in [-0.1, -0.05) is 30.3 Å². The summed E-state index contributed by atoms with van der Waals surface area (Å²) in [5.41, 5.74) is -0.211. The highest BCUT2D eigenvalue weighted by atomic mass is 16.6. The van der Waals surface area contributed by atoms with E-state index in [1.807, 2.05) is 35.2 Å². The van der Waals surface area contributed by atoms with E-state index in [0.29, 0.717) is 52.6 Å². The zero-order valence-electron chi connectivity index (χ0n) is 23.7. The van der Waals surface area contributed by atoms with Crippen LogP contribution in [0, 0.1) is 0 Å². The predicted octanol–water partition coefficient (Wildman–Crippen LogP) is 3.11. The van der Waals surface area contributed by atoms with Crippen LogP contribution in [0.1, 0.15) is 47.1 Å². The number of carbonyl (C=O) groups excluding carboxylic acids is 3. The zero-order valence-corrected chi connectivity index (χ0v) is 23.7. The van der Waals surface area contributed by atoms with E-state index >= 15 is 0 Å². The summed E-state index contributed by atoms with van der Waals surface area (Å²) < 4.78 is 27.0. The van der Waals surface area contributed by atoms with E-state index in [-0.39, 0.29) is 19.1 Å². The number of hydrogen-bond donors (Lipinski definition) is 2. The lowest BCUT2D eigenvalue weighted by Gasteiger charge is -2.22. The van der Waals surface area contributed by atoms with Crippen molar-refractivity contribution in [1.29, 1.82) is 0 Å². The van der Waals surface area contributed by atoms with Crippen molar-refractivity contribution in [2.75, 3.05) is 59.2 Å². The molecule has 0 aliphatic heterocycles. The van der Waals surface area contributed by atoms with Gasteiger partial charge < -0.3 is 34.3 Å². The van der Waals surface area contributed by atoms with Gasteiger partial charge in [-0.15, -0.1) is 0 Å². The quantitative estimate of drug-likeness (QED) is 0.185. The van der Waals surface area contributed by atoms with E-state index in [1.165, 1.54) is 0 Å². The van der Waals surface area contributed by atoms with Crippen LogP contribution in [0.25, 0.3) is 0 Å². The van der Waals surface area contributed by atoms with Gasteiger partial charge in [0, 0.05) is 26.2 Å². The molecule has 1 rings (SSSR count). The largest absolute Gasteiger partial charge is 0.460 e. The molecule has 0 unspecified atom stereocenters. The van der Waals surface area contributed by atoms with Gasteiger partial charge in [-0.05, 0) is 47.1 Å². The van der Waals surface area contributed by atoms with Crippen molar-refractivity contribution in [1.82, 2.24) is 15.5 Å². The Morgan fingerprint density at radius 1 is 0.737 bits per heavy atom. The van der Waals surface area contributed by atoms with Crippen LogP contribution < -0.4 is 10.6 Å². The number of ether oxygens (including phenoxy) is 5. The highest BCUT2D eigenvalue weighted by molar-refractivity contribution is 5.71. The van der Waals surface area contributed by atoms with Crippen LogP contribution in [0.2, 0.25) is 0 Å². The monoisotopic (exact) mass is 539 g/mol. The van der Waals surface area contributed by atoms with Gasteiger partial charge >= 0.3 is 18.2 Å². The summed E-state index contributed by atoms with van der Waals surface area (Å²) in [6.07, 6.45) is -0.996.